The molecule has 0 fully saturated rings. The fraction of sp³-hybridized carbons (Fsp3) is 0.211. The second kappa shape index (κ2) is 6.37. The van der Waals surface area contributed by atoms with Crippen molar-refractivity contribution < 1.29 is 13.2 Å². The van der Waals surface area contributed by atoms with Crippen LogP contribution in [0.3, 0.4) is 0 Å². The Balaban J connectivity index is 1.87. The molecule has 1 aromatic heterocycles. The molecule has 0 spiro atoms. The summed E-state index contributed by atoms with van der Waals surface area (Å²) in [5.41, 5.74) is 3.33. The van der Waals surface area contributed by atoms with Crippen LogP contribution in [0.4, 0.5) is 5.69 Å². The predicted molar refractivity (Wildman–Crippen MR) is 99.6 cm³/mol. The van der Waals surface area contributed by atoms with Crippen LogP contribution >= 0.6 is 0 Å². The lowest BCUT2D eigenvalue weighted by atomic mass is 10.2. The minimum absolute atomic E-state index is 0.169. The number of aryl methyl sites for hydroxylation is 2. The molecule has 0 atom stereocenters. The average Bonchev–Trinajstić information content (AvgIpc) is 2.84. The molecule has 2 aromatic carbocycles. The van der Waals surface area contributed by atoms with E-state index >= 15 is 0 Å². The van der Waals surface area contributed by atoms with Crippen LogP contribution in [-0.2, 0) is 21.2 Å². The molecule has 0 saturated carbocycles. The van der Waals surface area contributed by atoms with Crippen LogP contribution in [0.1, 0.15) is 11.3 Å². The second-order valence-corrected chi connectivity index (χ2v) is 8.24. The van der Waals surface area contributed by atoms with Crippen molar-refractivity contribution in [3.8, 4) is 0 Å². The number of amides is 1. The highest BCUT2D eigenvalue weighted by Gasteiger charge is 2.13. The fourth-order valence-corrected chi connectivity index (χ4v) is 3.51. The van der Waals surface area contributed by atoms with Crippen molar-refractivity contribution >= 4 is 32.3 Å². The molecular formula is C19H20N2O3S. The van der Waals surface area contributed by atoms with E-state index in [1.54, 1.807) is 12.1 Å². The summed E-state index contributed by atoms with van der Waals surface area (Å²) in [5.74, 6) is -0.196. The number of fused-ring (bicyclic) bond motifs is 1. The quantitative estimate of drug-likeness (QED) is 0.780. The second-order valence-electron chi connectivity index (χ2n) is 6.23. The summed E-state index contributed by atoms with van der Waals surface area (Å²) < 4.78 is 25.4. The monoisotopic (exact) mass is 356 g/mol. The lowest BCUT2D eigenvalue weighted by Crippen LogP contribution is -2.20. The molecule has 0 aliphatic heterocycles. The molecule has 0 aliphatic carbocycles. The molecule has 0 bridgehead atoms. The van der Waals surface area contributed by atoms with E-state index in [-0.39, 0.29) is 17.3 Å². The first-order chi connectivity index (χ1) is 11.8. The van der Waals surface area contributed by atoms with Gasteiger partial charge in [-0.2, -0.15) is 0 Å². The van der Waals surface area contributed by atoms with E-state index < -0.39 is 9.84 Å². The zero-order valence-electron chi connectivity index (χ0n) is 14.4. The zero-order chi connectivity index (χ0) is 18.2. The number of nitrogens with one attached hydrogen (secondary N) is 1. The number of carbonyl (C=O) groups is 1. The van der Waals surface area contributed by atoms with Gasteiger partial charge in [-0.3, -0.25) is 4.79 Å². The number of hydrogen-bond acceptors (Lipinski definition) is 3. The third-order valence-corrected chi connectivity index (χ3v) is 5.34. The van der Waals surface area contributed by atoms with Gasteiger partial charge in [-0.1, -0.05) is 24.3 Å². The summed E-state index contributed by atoms with van der Waals surface area (Å²) in [5, 5.41) is 3.91. The Bertz CT molecular complexity index is 1070. The molecule has 3 rings (SSSR count). The summed E-state index contributed by atoms with van der Waals surface area (Å²) in [4.78, 5) is 12.7. The third kappa shape index (κ3) is 3.58. The van der Waals surface area contributed by atoms with Crippen molar-refractivity contribution in [1.29, 1.82) is 0 Å². The van der Waals surface area contributed by atoms with Crippen LogP contribution in [0.5, 0.6) is 0 Å². The van der Waals surface area contributed by atoms with Crippen LogP contribution in [0.15, 0.2) is 53.4 Å². The highest BCUT2D eigenvalue weighted by Crippen LogP contribution is 2.22. The van der Waals surface area contributed by atoms with Crippen molar-refractivity contribution in [2.75, 3.05) is 11.6 Å². The molecule has 1 amide bonds. The van der Waals surface area contributed by atoms with Crippen molar-refractivity contribution in [3.05, 3.63) is 59.8 Å². The van der Waals surface area contributed by atoms with Gasteiger partial charge in [-0.25, -0.2) is 8.42 Å². The van der Waals surface area contributed by atoms with Crippen LogP contribution in [0.25, 0.3) is 10.9 Å². The summed E-state index contributed by atoms with van der Waals surface area (Å²) in [7, 11) is -3.32. The highest BCUT2D eigenvalue weighted by atomic mass is 32.2. The smallest absolute Gasteiger partial charge is 0.244 e. The number of hydrogen-bond donors (Lipinski definition) is 1. The molecule has 0 radical (unpaired) electrons. The normalized spacial score (nSPS) is 11.6. The summed E-state index contributed by atoms with van der Waals surface area (Å²) in [6.07, 6.45) is 1.15. The fourth-order valence-electron chi connectivity index (χ4n) is 2.86. The van der Waals surface area contributed by atoms with E-state index in [0.717, 1.165) is 28.4 Å². The van der Waals surface area contributed by atoms with Gasteiger partial charge in [0.15, 0.2) is 9.84 Å². The predicted octanol–water partition coefficient (Wildman–Crippen LogP) is 3.30. The number of aromatic nitrogens is 1. The Morgan fingerprint density at radius 2 is 1.80 bits per heavy atom. The molecule has 25 heavy (non-hydrogen) atoms. The van der Waals surface area contributed by atoms with Gasteiger partial charge in [0.1, 0.15) is 6.54 Å². The van der Waals surface area contributed by atoms with Gasteiger partial charge in [-0.15, -0.1) is 0 Å². The number of nitrogens with zero attached hydrogens (tertiary/aromatic N) is 1. The highest BCUT2D eigenvalue weighted by molar-refractivity contribution is 7.90. The van der Waals surface area contributed by atoms with E-state index in [0.29, 0.717) is 5.69 Å². The average molecular weight is 356 g/mol. The first-order valence-corrected chi connectivity index (χ1v) is 9.80. The number of rotatable bonds is 4. The van der Waals surface area contributed by atoms with Crippen LogP contribution < -0.4 is 5.32 Å². The summed E-state index contributed by atoms with van der Waals surface area (Å²) >= 11 is 0. The largest absolute Gasteiger partial charge is 0.335 e. The Morgan fingerprint density at radius 3 is 2.52 bits per heavy atom. The molecule has 0 aliphatic rings. The van der Waals surface area contributed by atoms with Crippen molar-refractivity contribution in [1.82, 2.24) is 4.57 Å². The van der Waals surface area contributed by atoms with Crippen molar-refractivity contribution in [3.63, 3.8) is 0 Å². The SMILES string of the molecule is Cc1ccc(S(C)(=O)=O)cc1NC(=O)Cn1c(C)cc2ccccc21. The molecule has 6 heteroatoms. The molecule has 0 saturated heterocycles. The number of benzene rings is 2. The van der Waals surface area contributed by atoms with Crippen molar-refractivity contribution in [2.24, 2.45) is 0 Å². The maximum absolute atomic E-state index is 12.5. The molecule has 130 valence electrons. The van der Waals surface area contributed by atoms with Crippen molar-refractivity contribution in [2.45, 2.75) is 25.3 Å². The number of anilines is 1. The Kier molecular flexibility index (Phi) is 4.39. The molecule has 1 N–H and O–H groups in total. The van der Waals surface area contributed by atoms with E-state index in [4.69, 9.17) is 0 Å². The Morgan fingerprint density at radius 1 is 1.08 bits per heavy atom. The number of para-hydroxylation sites is 1. The van der Waals surface area contributed by atoms with Crippen LogP contribution in [-0.4, -0.2) is 25.1 Å². The van der Waals surface area contributed by atoms with Crippen LogP contribution in [0.2, 0.25) is 0 Å². The van der Waals surface area contributed by atoms with Gasteiger partial charge in [0.2, 0.25) is 5.91 Å². The summed E-state index contributed by atoms with van der Waals surface area (Å²) in [6, 6.07) is 14.7. The Labute approximate surface area is 147 Å². The van der Waals surface area contributed by atoms with Gasteiger partial charge < -0.3 is 9.88 Å². The van der Waals surface area contributed by atoms with E-state index in [9.17, 15) is 13.2 Å². The number of carbonyl (C=O) groups excluding carboxylic acids is 1. The minimum Gasteiger partial charge on any atom is -0.335 e. The lowest BCUT2D eigenvalue weighted by Gasteiger charge is -2.12. The van der Waals surface area contributed by atoms with Gasteiger partial charge in [0, 0.05) is 23.2 Å². The van der Waals surface area contributed by atoms with Gasteiger partial charge in [0.05, 0.1) is 4.90 Å². The maximum atomic E-state index is 12.5. The third-order valence-electron chi connectivity index (χ3n) is 4.23. The van der Waals surface area contributed by atoms with E-state index in [1.165, 1.54) is 6.07 Å². The van der Waals surface area contributed by atoms with Gasteiger partial charge in [-0.05, 0) is 49.1 Å². The Hall–Kier alpha value is -2.60. The number of sulfone groups is 1. The first kappa shape index (κ1) is 17.2. The van der Waals surface area contributed by atoms with Gasteiger partial charge in [0.25, 0.3) is 0 Å². The molecule has 0 unspecified atom stereocenters. The minimum atomic E-state index is -3.32. The zero-order valence-corrected chi connectivity index (χ0v) is 15.2. The van der Waals surface area contributed by atoms with E-state index in [2.05, 4.69) is 5.32 Å². The molecule has 5 nitrogen and oxygen atoms in total. The van der Waals surface area contributed by atoms with Crippen LogP contribution in [0, 0.1) is 13.8 Å². The molecule has 1 heterocycles. The molecular weight excluding hydrogens is 336 g/mol. The lowest BCUT2D eigenvalue weighted by molar-refractivity contribution is -0.116. The van der Waals surface area contributed by atoms with Gasteiger partial charge >= 0.3 is 0 Å². The maximum Gasteiger partial charge on any atom is 0.244 e. The first-order valence-electron chi connectivity index (χ1n) is 7.91. The molecule has 3 aromatic rings. The topological polar surface area (TPSA) is 68.2 Å². The van der Waals surface area contributed by atoms with E-state index in [1.807, 2.05) is 48.7 Å². The standard InChI is InChI=1S/C19H20N2O3S/c1-13-8-9-16(25(3,23)24)11-17(13)20-19(22)12-21-14(2)10-15-6-4-5-7-18(15)21/h4-11H,12H2,1-3H3,(H,20,22). The summed E-state index contributed by atoms with van der Waals surface area (Å²) in [6.45, 7) is 3.96.